The topological polar surface area (TPSA) is 19.6 Å². The van der Waals surface area contributed by atoms with Gasteiger partial charge < -0.3 is 9.32 Å². The van der Waals surface area contributed by atoms with Gasteiger partial charge >= 0.3 is 0 Å². The first-order valence-corrected chi connectivity index (χ1v) is 23.5. The second-order valence-electron chi connectivity index (χ2n) is 19.2. The zero-order chi connectivity index (χ0) is 43.9. The number of anilines is 6. The second-order valence-corrected chi connectivity index (χ2v) is 19.2. The maximum atomic E-state index is 7.26. The molecule has 0 aliphatic carbocycles. The van der Waals surface area contributed by atoms with E-state index in [1.54, 1.807) is 0 Å². The van der Waals surface area contributed by atoms with Crippen LogP contribution in [0, 0.1) is 0 Å². The third-order valence-corrected chi connectivity index (χ3v) is 15.0. The standard InChI is InChI=1S/C62H45BN2O/c1-36(2)38-25-31-59-54(32-38)60-62(66-59)65(41-27-29-51-47-19-8-6-15-43(47)45-17-10-12-21-49(45)53(51)35-41)58-23-13-22-57-61(58)63(60)55-33-39(37(3)4)24-30-56(55)64(57)40-26-28-50-46-18-7-5-14-42(46)44-16-9-11-20-48(44)52(50)34-40/h5-37H,1-4H3. The molecule has 2 aliphatic heterocycles. The quantitative estimate of drug-likeness (QED) is 0.130. The molecule has 14 rings (SSSR count). The van der Waals surface area contributed by atoms with E-state index in [9.17, 15) is 0 Å². The average Bonchev–Trinajstić information content (AvgIpc) is 3.74. The third kappa shape index (κ3) is 5.16. The van der Waals surface area contributed by atoms with Gasteiger partial charge in [-0.2, -0.15) is 0 Å². The van der Waals surface area contributed by atoms with Crippen LogP contribution in [0.25, 0.3) is 75.6 Å². The summed E-state index contributed by atoms with van der Waals surface area (Å²) in [5.74, 6) is 1.62. The van der Waals surface area contributed by atoms with Crippen molar-refractivity contribution >= 4 is 133 Å². The van der Waals surface area contributed by atoms with Crippen LogP contribution < -0.4 is 26.2 Å². The molecule has 2 aliphatic rings. The van der Waals surface area contributed by atoms with Gasteiger partial charge in [-0.1, -0.05) is 161 Å². The predicted octanol–water partition coefficient (Wildman–Crippen LogP) is 15.7. The Labute approximate surface area is 384 Å². The van der Waals surface area contributed by atoms with Crippen molar-refractivity contribution in [2.75, 3.05) is 9.80 Å². The lowest BCUT2D eigenvalue weighted by molar-refractivity contribution is 0.622. The fraction of sp³-hybridized carbons (Fsp3) is 0.0968. The van der Waals surface area contributed by atoms with Crippen LogP contribution in [0.2, 0.25) is 0 Å². The van der Waals surface area contributed by atoms with Crippen molar-refractivity contribution < 1.29 is 4.42 Å². The van der Waals surface area contributed by atoms with Crippen LogP contribution in [-0.2, 0) is 0 Å². The molecular weight excluding hydrogens is 800 g/mol. The maximum Gasteiger partial charge on any atom is 0.257 e. The van der Waals surface area contributed by atoms with E-state index in [1.807, 2.05) is 0 Å². The highest BCUT2D eigenvalue weighted by molar-refractivity contribution is 7.01. The number of hydrogen-bond donors (Lipinski definition) is 0. The zero-order valence-corrected chi connectivity index (χ0v) is 37.4. The second kappa shape index (κ2) is 13.8. The molecule has 0 saturated carbocycles. The highest BCUT2D eigenvalue weighted by Crippen LogP contribution is 2.48. The lowest BCUT2D eigenvalue weighted by Crippen LogP contribution is -2.61. The van der Waals surface area contributed by atoms with Crippen LogP contribution in [-0.4, -0.2) is 6.71 Å². The predicted molar refractivity (Wildman–Crippen MR) is 283 cm³/mol. The number of hydrogen-bond acceptors (Lipinski definition) is 3. The first kappa shape index (κ1) is 37.5. The van der Waals surface area contributed by atoms with Gasteiger partial charge in [0, 0.05) is 39.3 Å². The van der Waals surface area contributed by atoms with E-state index in [1.165, 1.54) is 109 Å². The molecule has 0 radical (unpaired) electrons. The van der Waals surface area contributed by atoms with E-state index in [4.69, 9.17) is 4.42 Å². The molecular formula is C62H45BN2O. The molecule has 3 heterocycles. The Morgan fingerprint density at radius 3 is 1.30 bits per heavy atom. The molecule has 0 saturated heterocycles. The van der Waals surface area contributed by atoms with Gasteiger partial charge in [0.2, 0.25) is 5.88 Å². The van der Waals surface area contributed by atoms with Crippen LogP contribution in [0.3, 0.4) is 0 Å². The minimum atomic E-state index is -0.0634. The van der Waals surface area contributed by atoms with Crippen molar-refractivity contribution in [2.45, 2.75) is 39.5 Å². The summed E-state index contributed by atoms with van der Waals surface area (Å²) in [5.41, 5.74) is 13.1. The summed E-state index contributed by atoms with van der Waals surface area (Å²) in [4.78, 5) is 4.97. The molecule has 0 spiro atoms. The molecule has 4 heteroatoms. The molecule has 12 aromatic rings. The Kier molecular flexibility index (Phi) is 7.88. The van der Waals surface area contributed by atoms with Gasteiger partial charge in [-0.3, -0.25) is 4.90 Å². The molecule has 0 amide bonds. The van der Waals surface area contributed by atoms with Crippen molar-refractivity contribution in [1.29, 1.82) is 0 Å². The molecule has 66 heavy (non-hydrogen) atoms. The zero-order valence-electron chi connectivity index (χ0n) is 37.4. The summed E-state index contributed by atoms with van der Waals surface area (Å²) in [7, 11) is 0. The van der Waals surface area contributed by atoms with Crippen LogP contribution in [0.4, 0.5) is 34.3 Å². The molecule has 312 valence electrons. The number of rotatable bonds is 4. The molecule has 0 bridgehead atoms. The van der Waals surface area contributed by atoms with Crippen molar-refractivity contribution in [1.82, 2.24) is 0 Å². The van der Waals surface area contributed by atoms with E-state index in [2.05, 4.69) is 226 Å². The van der Waals surface area contributed by atoms with Gasteiger partial charge in [0.1, 0.15) is 5.58 Å². The van der Waals surface area contributed by atoms with Gasteiger partial charge in [-0.25, -0.2) is 0 Å². The summed E-state index contributed by atoms with van der Waals surface area (Å²) in [6, 6.07) is 70.7. The summed E-state index contributed by atoms with van der Waals surface area (Å²) >= 11 is 0. The Morgan fingerprint density at radius 1 is 0.348 bits per heavy atom. The molecule has 0 fully saturated rings. The first-order chi connectivity index (χ1) is 32.4. The van der Waals surface area contributed by atoms with E-state index in [-0.39, 0.29) is 6.71 Å². The molecule has 1 aromatic heterocycles. The average molecular weight is 845 g/mol. The van der Waals surface area contributed by atoms with E-state index >= 15 is 0 Å². The van der Waals surface area contributed by atoms with Gasteiger partial charge in [-0.15, -0.1) is 0 Å². The van der Waals surface area contributed by atoms with E-state index in [0.717, 1.165) is 28.5 Å². The van der Waals surface area contributed by atoms with Crippen LogP contribution in [0.15, 0.2) is 192 Å². The Bertz CT molecular complexity index is 3980. The molecule has 0 N–H and O–H groups in total. The smallest absolute Gasteiger partial charge is 0.257 e. The maximum absolute atomic E-state index is 7.26. The van der Waals surface area contributed by atoms with Crippen molar-refractivity contribution in [3.05, 3.63) is 199 Å². The fourth-order valence-electron chi connectivity index (χ4n) is 11.8. The minimum Gasteiger partial charge on any atom is -0.440 e. The monoisotopic (exact) mass is 844 g/mol. The highest BCUT2D eigenvalue weighted by Gasteiger charge is 2.46. The summed E-state index contributed by atoms with van der Waals surface area (Å²) in [6.45, 7) is 9.13. The number of furan rings is 1. The SMILES string of the molecule is CC(C)c1ccc2c(c1)B1c3c(cccc3N(c3ccc4c5ccccc5c5ccccc5c4c3)c3oc4ccc(C(C)C)cc4c31)N2c1ccc2c3ccccc3c3ccccc3c2c1. The Balaban J connectivity index is 1.08. The number of nitrogens with zero attached hydrogens (tertiary/aromatic N) is 2. The number of fused-ring (bicyclic) bond motifs is 18. The molecule has 0 atom stereocenters. The summed E-state index contributed by atoms with van der Waals surface area (Å²) in [6.07, 6.45) is 0. The van der Waals surface area contributed by atoms with Crippen LogP contribution in [0.5, 0.6) is 0 Å². The molecule has 11 aromatic carbocycles. The molecule has 3 nitrogen and oxygen atoms in total. The Hall–Kier alpha value is -7.82. The highest BCUT2D eigenvalue weighted by atomic mass is 16.4. The largest absolute Gasteiger partial charge is 0.440 e. The Morgan fingerprint density at radius 2 is 0.788 bits per heavy atom. The van der Waals surface area contributed by atoms with Crippen molar-refractivity contribution in [3.63, 3.8) is 0 Å². The van der Waals surface area contributed by atoms with E-state index < -0.39 is 0 Å². The van der Waals surface area contributed by atoms with Gasteiger partial charge in [0.15, 0.2) is 0 Å². The van der Waals surface area contributed by atoms with Gasteiger partial charge in [0.05, 0.1) is 0 Å². The van der Waals surface area contributed by atoms with Crippen LogP contribution in [0.1, 0.15) is 50.7 Å². The third-order valence-electron chi connectivity index (χ3n) is 15.0. The fourth-order valence-corrected chi connectivity index (χ4v) is 11.8. The van der Waals surface area contributed by atoms with Crippen molar-refractivity contribution in [2.24, 2.45) is 0 Å². The first-order valence-electron chi connectivity index (χ1n) is 23.5. The molecule has 0 unspecified atom stereocenters. The lowest BCUT2D eigenvalue weighted by Gasteiger charge is -2.42. The normalized spacial score (nSPS) is 13.3. The minimum absolute atomic E-state index is 0.0634. The number of benzene rings is 11. The van der Waals surface area contributed by atoms with Gasteiger partial charge in [0.25, 0.3) is 6.71 Å². The van der Waals surface area contributed by atoms with Crippen molar-refractivity contribution in [3.8, 4) is 0 Å². The lowest BCUT2D eigenvalue weighted by atomic mass is 9.33. The summed E-state index contributed by atoms with van der Waals surface area (Å²) in [5, 5.41) is 16.4. The van der Waals surface area contributed by atoms with Gasteiger partial charge in [-0.05, 0) is 153 Å². The van der Waals surface area contributed by atoms with E-state index in [0.29, 0.717) is 11.8 Å². The summed E-state index contributed by atoms with van der Waals surface area (Å²) < 4.78 is 7.26. The van der Waals surface area contributed by atoms with Crippen LogP contribution >= 0.6 is 0 Å².